The molecule has 2 rings (SSSR count). The third kappa shape index (κ3) is 6.16. The van der Waals surface area contributed by atoms with Crippen LogP contribution >= 0.6 is 0 Å². The van der Waals surface area contributed by atoms with E-state index in [4.69, 9.17) is 0 Å². The van der Waals surface area contributed by atoms with E-state index >= 15 is 0 Å². The number of aromatic nitrogens is 3. The minimum absolute atomic E-state index is 0.490. The molecule has 5 heteroatoms. The van der Waals surface area contributed by atoms with Gasteiger partial charge in [0.15, 0.2) is 0 Å². The summed E-state index contributed by atoms with van der Waals surface area (Å²) in [5, 5.41) is 15.2. The van der Waals surface area contributed by atoms with E-state index in [0.29, 0.717) is 6.04 Å². The Labute approximate surface area is 116 Å². The van der Waals surface area contributed by atoms with Crippen LogP contribution in [0.15, 0.2) is 6.20 Å². The highest BCUT2D eigenvalue weighted by Gasteiger charge is 2.19. The largest absolute Gasteiger partial charge is 0.314 e. The maximum Gasteiger partial charge on any atom is 0.0964 e. The number of hydrogen-bond donors (Lipinski definition) is 2. The van der Waals surface area contributed by atoms with Crippen LogP contribution in [0, 0.1) is 0 Å². The SMILES string of the molecule is CC(C)NCc1cn(CCCCCNC2CC2)nn1. The van der Waals surface area contributed by atoms with Crippen molar-refractivity contribution in [3.63, 3.8) is 0 Å². The molecule has 1 heterocycles. The Morgan fingerprint density at radius 3 is 2.89 bits per heavy atom. The molecule has 1 aliphatic carbocycles. The second-order valence-corrected chi connectivity index (χ2v) is 5.80. The van der Waals surface area contributed by atoms with E-state index in [0.717, 1.165) is 24.8 Å². The van der Waals surface area contributed by atoms with Gasteiger partial charge in [-0.3, -0.25) is 4.68 Å². The van der Waals surface area contributed by atoms with Crippen LogP contribution in [-0.2, 0) is 13.1 Å². The highest BCUT2D eigenvalue weighted by atomic mass is 15.4. The number of unbranched alkanes of at least 4 members (excludes halogenated alkanes) is 2. The molecule has 0 aliphatic heterocycles. The highest BCUT2D eigenvalue weighted by Crippen LogP contribution is 2.18. The summed E-state index contributed by atoms with van der Waals surface area (Å²) in [7, 11) is 0. The van der Waals surface area contributed by atoms with E-state index in [9.17, 15) is 0 Å². The number of hydrogen-bond acceptors (Lipinski definition) is 4. The summed E-state index contributed by atoms with van der Waals surface area (Å²) < 4.78 is 1.96. The lowest BCUT2D eigenvalue weighted by Crippen LogP contribution is -2.21. The standard InChI is InChI=1S/C14H27N5/c1-12(2)16-10-14-11-19(18-17-14)9-5-3-4-8-15-13-6-7-13/h11-13,15-16H,3-10H2,1-2H3. The van der Waals surface area contributed by atoms with Gasteiger partial charge in [0.2, 0.25) is 0 Å². The third-order valence-electron chi connectivity index (χ3n) is 3.35. The lowest BCUT2D eigenvalue weighted by atomic mass is 10.2. The molecule has 0 aromatic carbocycles. The fourth-order valence-electron chi connectivity index (χ4n) is 2.01. The van der Waals surface area contributed by atoms with Gasteiger partial charge in [0.1, 0.15) is 0 Å². The van der Waals surface area contributed by atoms with Crippen LogP contribution in [0.3, 0.4) is 0 Å². The van der Waals surface area contributed by atoms with Gasteiger partial charge < -0.3 is 10.6 Å². The van der Waals surface area contributed by atoms with Gasteiger partial charge in [-0.1, -0.05) is 25.5 Å². The molecule has 1 aliphatic rings. The molecule has 0 amide bonds. The Bertz CT molecular complexity index is 356. The molecule has 0 spiro atoms. The maximum absolute atomic E-state index is 4.17. The monoisotopic (exact) mass is 265 g/mol. The summed E-state index contributed by atoms with van der Waals surface area (Å²) in [6.07, 6.45) is 8.54. The van der Waals surface area contributed by atoms with Crippen LogP contribution in [0.1, 0.15) is 51.6 Å². The summed E-state index contributed by atoms with van der Waals surface area (Å²) >= 11 is 0. The first-order chi connectivity index (χ1) is 9.24. The molecule has 2 N–H and O–H groups in total. The van der Waals surface area contributed by atoms with E-state index in [1.165, 1.54) is 38.6 Å². The Balaban J connectivity index is 1.52. The number of aryl methyl sites for hydroxylation is 1. The Kier molecular flexibility index (Phi) is 5.79. The van der Waals surface area contributed by atoms with Gasteiger partial charge in [0, 0.05) is 31.4 Å². The highest BCUT2D eigenvalue weighted by molar-refractivity contribution is 4.91. The van der Waals surface area contributed by atoms with Gasteiger partial charge in [-0.05, 0) is 32.2 Å². The van der Waals surface area contributed by atoms with Crippen molar-refractivity contribution in [2.75, 3.05) is 6.54 Å². The van der Waals surface area contributed by atoms with E-state index < -0.39 is 0 Å². The minimum atomic E-state index is 0.490. The first kappa shape index (κ1) is 14.5. The second-order valence-electron chi connectivity index (χ2n) is 5.80. The zero-order valence-corrected chi connectivity index (χ0v) is 12.2. The van der Waals surface area contributed by atoms with Gasteiger partial charge in [-0.15, -0.1) is 5.10 Å². The van der Waals surface area contributed by atoms with E-state index in [-0.39, 0.29) is 0 Å². The van der Waals surface area contributed by atoms with Crippen molar-refractivity contribution >= 4 is 0 Å². The van der Waals surface area contributed by atoms with Gasteiger partial charge in [-0.2, -0.15) is 0 Å². The summed E-state index contributed by atoms with van der Waals surface area (Å²) in [6, 6.07) is 1.33. The molecule has 0 saturated heterocycles. The number of nitrogens with zero attached hydrogens (tertiary/aromatic N) is 3. The summed E-state index contributed by atoms with van der Waals surface area (Å²) in [5.74, 6) is 0. The van der Waals surface area contributed by atoms with Crippen LogP contribution in [-0.4, -0.2) is 33.6 Å². The summed E-state index contributed by atoms with van der Waals surface area (Å²) in [5.41, 5.74) is 1.03. The van der Waals surface area contributed by atoms with Crippen molar-refractivity contribution in [2.45, 2.75) is 71.1 Å². The van der Waals surface area contributed by atoms with Crippen molar-refractivity contribution in [1.29, 1.82) is 0 Å². The first-order valence-corrected chi connectivity index (χ1v) is 7.60. The average Bonchev–Trinajstić information content (AvgIpc) is 3.09. The van der Waals surface area contributed by atoms with E-state index in [2.05, 4.69) is 41.0 Å². The Morgan fingerprint density at radius 2 is 2.16 bits per heavy atom. The molecule has 0 bridgehead atoms. The predicted molar refractivity (Wildman–Crippen MR) is 76.9 cm³/mol. The van der Waals surface area contributed by atoms with Gasteiger partial charge in [0.25, 0.3) is 0 Å². The molecule has 0 unspecified atom stereocenters. The van der Waals surface area contributed by atoms with E-state index in [1.54, 1.807) is 0 Å². The van der Waals surface area contributed by atoms with Crippen molar-refractivity contribution < 1.29 is 0 Å². The molecule has 1 aromatic rings. The van der Waals surface area contributed by atoms with Crippen LogP contribution < -0.4 is 10.6 Å². The third-order valence-corrected chi connectivity index (χ3v) is 3.35. The molecule has 1 saturated carbocycles. The van der Waals surface area contributed by atoms with Crippen molar-refractivity contribution in [1.82, 2.24) is 25.6 Å². The fourth-order valence-corrected chi connectivity index (χ4v) is 2.01. The lowest BCUT2D eigenvalue weighted by molar-refractivity contribution is 0.517. The molecule has 1 aromatic heterocycles. The first-order valence-electron chi connectivity index (χ1n) is 7.60. The Morgan fingerprint density at radius 1 is 1.32 bits per heavy atom. The zero-order chi connectivity index (χ0) is 13.5. The van der Waals surface area contributed by atoms with Crippen molar-refractivity contribution in [3.8, 4) is 0 Å². The molecular weight excluding hydrogens is 238 g/mol. The Hall–Kier alpha value is -0.940. The fraction of sp³-hybridized carbons (Fsp3) is 0.857. The smallest absolute Gasteiger partial charge is 0.0964 e. The quantitative estimate of drug-likeness (QED) is 0.632. The van der Waals surface area contributed by atoms with Crippen molar-refractivity contribution in [2.24, 2.45) is 0 Å². The zero-order valence-electron chi connectivity index (χ0n) is 12.2. The van der Waals surface area contributed by atoms with Crippen LogP contribution in [0.2, 0.25) is 0 Å². The molecule has 19 heavy (non-hydrogen) atoms. The predicted octanol–water partition coefficient (Wildman–Crippen LogP) is 1.70. The van der Waals surface area contributed by atoms with Crippen LogP contribution in [0.5, 0.6) is 0 Å². The normalized spacial score (nSPS) is 15.3. The molecule has 108 valence electrons. The maximum atomic E-state index is 4.17. The van der Waals surface area contributed by atoms with E-state index in [1.807, 2.05) is 4.68 Å². The van der Waals surface area contributed by atoms with Crippen LogP contribution in [0.4, 0.5) is 0 Å². The topological polar surface area (TPSA) is 54.8 Å². The molecular formula is C14H27N5. The number of rotatable bonds is 10. The lowest BCUT2D eigenvalue weighted by Gasteiger charge is -2.04. The molecule has 0 atom stereocenters. The van der Waals surface area contributed by atoms with Gasteiger partial charge in [-0.25, -0.2) is 0 Å². The minimum Gasteiger partial charge on any atom is -0.314 e. The summed E-state index contributed by atoms with van der Waals surface area (Å²) in [4.78, 5) is 0. The van der Waals surface area contributed by atoms with Gasteiger partial charge >= 0.3 is 0 Å². The molecule has 5 nitrogen and oxygen atoms in total. The average molecular weight is 265 g/mol. The second kappa shape index (κ2) is 7.60. The van der Waals surface area contributed by atoms with Gasteiger partial charge in [0.05, 0.1) is 5.69 Å². The summed E-state index contributed by atoms with van der Waals surface area (Å²) in [6.45, 7) is 7.24. The number of nitrogens with one attached hydrogen (secondary N) is 2. The van der Waals surface area contributed by atoms with Crippen LogP contribution in [0.25, 0.3) is 0 Å². The van der Waals surface area contributed by atoms with Crippen molar-refractivity contribution in [3.05, 3.63) is 11.9 Å². The molecule has 1 fully saturated rings. The molecule has 0 radical (unpaired) electrons.